The Morgan fingerprint density at radius 1 is 1.23 bits per heavy atom. The van der Waals surface area contributed by atoms with Gasteiger partial charge in [-0.2, -0.15) is 0 Å². The molecule has 0 spiro atoms. The zero-order valence-electron chi connectivity index (χ0n) is 14.9. The third-order valence-electron chi connectivity index (χ3n) is 4.71. The molecule has 136 valence electrons. The van der Waals surface area contributed by atoms with E-state index in [0.29, 0.717) is 11.9 Å². The van der Waals surface area contributed by atoms with Crippen LogP contribution in [0, 0.1) is 5.92 Å². The largest absolute Gasteiger partial charge is 0.467 e. The van der Waals surface area contributed by atoms with Gasteiger partial charge in [0, 0.05) is 62.1 Å². The van der Waals surface area contributed by atoms with Gasteiger partial charge in [-0.15, -0.1) is 0 Å². The second-order valence-corrected chi connectivity index (χ2v) is 6.63. The van der Waals surface area contributed by atoms with Crippen LogP contribution >= 0.6 is 0 Å². The van der Waals surface area contributed by atoms with Crippen molar-refractivity contribution in [2.75, 3.05) is 33.4 Å². The van der Waals surface area contributed by atoms with Crippen molar-refractivity contribution in [1.82, 2.24) is 24.3 Å². The highest BCUT2D eigenvalue weighted by Crippen LogP contribution is 2.18. The molecule has 0 aliphatic carbocycles. The molecular weight excluding hydrogens is 330 g/mol. The van der Waals surface area contributed by atoms with Crippen LogP contribution < -0.4 is 4.74 Å². The quantitative estimate of drug-likeness (QED) is 0.697. The summed E-state index contributed by atoms with van der Waals surface area (Å²) in [4.78, 5) is 15.4. The molecule has 0 unspecified atom stereocenters. The molecule has 3 aromatic heterocycles. The van der Waals surface area contributed by atoms with Gasteiger partial charge in [-0.25, -0.2) is 9.97 Å². The number of hydrogen-bond acceptors (Lipinski definition) is 6. The monoisotopic (exact) mass is 353 g/mol. The van der Waals surface area contributed by atoms with Gasteiger partial charge < -0.3 is 13.9 Å². The van der Waals surface area contributed by atoms with Crippen molar-refractivity contribution < 1.29 is 9.47 Å². The van der Waals surface area contributed by atoms with Gasteiger partial charge in [0.15, 0.2) is 0 Å². The first-order valence-electron chi connectivity index (χ1n) is 8.87. The molecule has 0 aromatic carbocycles. The second-order valence-electron chi connectivity index (χ2n) is 6.63. The summed E-state index contributed by atoms with van der Waals surface area (Å²) in [6.45, 7) is 4.20. The highest BCUT2D eigenvalue weighted by molar-refractivity contribution is 5.52. The molecule has 4 heterocycles. The van der Waals surface area contributed by atoms with Gasteiger partial charge in [0.25, 0.3) is 0 Å². The summed E-state index contributed by atoms with van der Waals surface area (Å²) in [5.74, 6) is 0.408. The fraction of sp³-hybridized carbons (Fsp3) is 0.421. The normalized spacial score (nSPS) is 18.7. The van der Waals surface area contributed by atoms with Crippen molar-refractivity contribution in [2.45, 2.75) is 13.0 Å². The maximum Gasteiger partial charge on any atom is 0.316 e. The Balaban J connectivity index is 1.44. The van der Waals surface area contributed by atoms with Gasteiger partial charge >= 0.3 is 6.01 Å². The summed E-state index contributed by atoms with van der Waals surface area (Å²) in [7, 11) is 1.57. The molecule has 0 bridgehead atoms. The molecule has 1 aliphatic heterocycles. The molecule has 3 aromatic rings. The number of aromatic nitrogens is 4. The van der Waals surface area contributed by atoms with E-state index in [4.69, 9.17) is 9.47 Å². The van der Waals surface area contributed by atoms with Gasteiger partial charge in [0.1, 0.15) is 0 Å². The summed E-state index contributed by atoms with van der Waals surface area (Å²) in [5, 5.41) is 0. The van der Waals surface area contributed by atoms with Gasteiger partial charge in [0.05, 0.1) is 31.5 Å². The molecule has 1 atom stereocenters. The van der Waals surface area contributed by atoms with Gasteiger partial charge in [-0.05, 0) is 18.6 Å². The lowest BCUT2D eigenvalue weighted by molar-refractivity contribution is 0.121. The lowest BCUT2D eigenvalue weighted by Crippen LogP contribution is -2.30. The van der Waals surface area contributed by atoms with E-state index in [0.717, 1.165) is 50.5 Å². The molecule has 0 N–H and O–H groups in total. The number of ether oxygens (including phenoxy) is 2. The first-order chi connectivity index (χ1) is 12.8. The standard InChI is InChI=1S/C19H23N5O2/c1-25-19-21-10-16(11-22-19)13-23-7-8-26-14-15(12-23)9-17-18-3-2-5-24(18)6-4-20-17/h2-6,10-11,15H,7-9,12-14H2,1H3/t15-/m0/s1. The minimum absolute atomic E-state index is 0.400. The average Bonchev–Trinajstić information content (AvgIpc) is 3.05. The van der Waals surface area contributed by atoms with Crippen LogP contribution in [0.15, 0.2) is 43.1 Å². The Bertz CT molecular complexity index is 849. The number of nitrogens with zero attached hydrogens (tertiary/aromatic N) is 5. The third kappa shape index (κ3) is 3.84. The Kier molecular flexibility index (Phi) is 5.08. The van der Waals surface area contributed by atoms with Crippen LogP contribution in [0.2, 0.25) is 0 Å². The molecular formula is C19H23N5O2. The first kappa shape index (κ1) is 16.9. The van der Waals surface area contributed by atoms with E-state index in [9.17, 15) is 0 Å². The van der Waals surface area contributed by atoms with Gasteiger partial charge in [-0.1, -0.05) is 0 Å². The predicted octanol–water partition coefficient (Wildman–Crippen LogP) is 1.82. The fourth-order valence-electron chi connectivity index (χ4n) is 3.47. The Hall–Kier alpha value is -2.51. The molecule has 0 radical (unpaired) electrons. The summed E-state index contributed by atoms with van der Waals surface area (Å²) in [5.41, 5.74) is 3.38. The average molecular weight is 353 g/mol. The highest BCUT2D eigenvalue weighted by atomic mass is 16.5. The van der Waals surface area contributed by atoms with Crippen LogP contribution in [0.5, 0.6) is 6.01 Å². The van der Waals surface area contributed by atoms with E-state index >= 15 is 0 Å². The van der Waals surface area contributed by atoms with E-state index in [1.54, 1.807) is 7.11 Å². The highest BCUT2D eigenvalue weighted by Gasteiger charge is 2.21. The maximum atomic E-state index is 5.85. The number of hydrogen-bond donors (Lipinski definition) is 0. The van der Waals surface area contributed by atoms with Crippen molar-refractivity contribution in [3.05, 3.63) is 54.4 Å². The third-order valence-corrected chi connectivity index (χ3v) is 4.71. The lowest BCUT2D eigenvalue weighted by atomic mass is 10.0. The molecule has 1 fully saturated rings. The van der Waals surface area contributed by atoms with Crippen molar-refractivity contribution in [3.8, 4) is 6.01 Å². The molecule has 26 heavy (non-hydrogen) atoms. The summed E-state index contributed by atoms with van der Waals surface area (Å²) in [6.07, 6.45) is 10.5. The van der Waals surface area contributed by atoms with Crippen molar-refractivity contribution in [3.63, 3.8) is 0 Å². The van der Waals surface area contributed by atoms with Gasteiger partial charge in [-0.3, -0.25) is 9.88 Å². The smallest absolute Gasteiger partial charge is 0.316 e. The molecule has 7 heteroatoms. The molecule has 1 saturated heterocycles. The van der Waals surface area contributed by atoms with E-state index in [-0.39, 0.29) is 0 Å². The van der Waals surface area contributed by atoms with Crippen molar-refractivity contribution in [2.24, 2.45) is 5.92 Å². The number of fused-ring (bicyclic) bond motifs is 1. The SMILES string of the molecule is COc1ncc(CN2CCOC[C@@H](Cc3nccn4cccc34)C2)cn1. The van der Waals surface area contributed by atoms with E-state index < -0.39 is 0 Å². The Labute approximate surface area is 152 Å². The molecule has 4 rings (SSSR count). The van der Waals surface area contributed by atoms with Gasteiger partial charge in [0.2, 0.25) is 0 Å². The summed E-state index contributed by atoms with van der Waals surface area (Å²) < 4.78 is 13.0. The van der Waals surface area contributed by atoms with E-state index in [1.165, 1.54) is 5.52 Å². The van der Waals surface area contributed by atoms with Crippen LogP contribution in [0.3, 0.4) is 0 Å². The zero-order chi connectivity index (χ0) is 17.8. The topological polar surface area (TPSA) is 64.8 Å². The van der Waals surface area contributed by atoms with Crippen LogP contribution in [0.1, 0.15) is 11.3 Å². The summed E-state index contributed by atoms with van der Waals surface area (Å²) in [6, 6.07) is 4.57. The fourth-order valence-corrected chi connectivity index (χ4v) is 3.47. The van der Waals surface area contributed by atoms with Crippen LogP contribution in [0.4, 0.5) is 0 Å². The second kappa shape index (κ2) is 7.80. The minimum atomic E-state index is 0.400. The number of methoxy groups -OCH3 is 1. The molecule has 7 nitrogen and oxygen atoms in total. The zero-order valence-corrected chi connectivity index (χ0v) is 14.9. The molecule has 0 saturated carbocycles. The first-order valence-corrected chi connectivity index (χ1v) is 8.87. The minimum Gasteiger partial charge on any atom is -0.467 e. The van der Waals surface area contributed by atoms with Crippen LogP contribution in [-0.2, 0) is 17.7 Å². The molecule has 0 amide bonds. The Morgan fingerprint density at radius 3 is 2.96 bits per heavy atom. The van der Waals surface area contributed by atoms with Crippen LogP contribution in [-0.4, -0.2) is 57.7 Å². The predicted molar refractivity (Wildman–Crippen MR) is 97.1 cm³/mol. The lowest BCUT2D eigenvalue weighted by Gasteiger charge is -2.23. The molecule has 1 aliphatic rings. The van der Waals surface area contributed by atoms with Crippen LogP contribution in [0.25, 0.3) is 5.52 Å². The van der Waals surface area contributed by atoms with Crippen molar-refractivity contribution in [1.29, 1.82) is 0 Å². The van der Waals surface area contributed by atoms with Crippen molar-refractivity contribution >= 4 is 5.52 Å². The van der Waals surface area contributed by atoms with E-state index in [2.05, 4.69) is 42.6 Å². The number of rotatable bonds is 5. The van der Waals surface area contributed by atoms with E-state index in [1.807, 2.05) is 24.8 Å². The Morgan fingerprint density at radius 2 is 2.12 bits per heavy atom. The summed E-state index contributed by atoms with van der Waals surface area (Å²) >= 11 is 0. The maximum absolute atomic E-state index is 5.85.